The normalized spacial score (nSPS) is 11.8. The molecule has 0 saturated carbocycles. The summed E-state index contributed by atoms with van der Waals surface area (Å²) in [5, 5.41) is 0. The van der Waals surface area contributed by atoms with Crippen LogP contribution in [0.25, 0.3) is 0 Å². The van der Waals surface area contributed by atoms with Crippen molar-refractivity contribution in [3.63, 3.8) is 0 Å². The molecule has 1 nitrogen and oxygen atoms in total. The fourth-order valence-corrected chi connectivity index (χ4v) is 1.14. The van der Waals surface area contributed by atoms with Crippen LogP contribution in [0, 0.1) is 11.6 Å². The van der Waals surface area contributed by atoms with E-state index in [1.807, 2.05) is 20.8 Å². The van der Waals surface area contributed by atoms with E-state index in [2.05, 4.69) is 0 Å². The molecule has 0 fully saturated rings. The minimum Gasteiger partial charge on any atom is -0.396 e. The number of anilines is 1. The van der Waals surface area contributed by atoms with Crippen molar-refractivity contribution in [1.82, 2.24) is 0 Å². The molecule has 2 N–H and O–H groups in total. The standard InChI is InChI=1S/C10H13F2N/c1-10(2,3)6-4-9(13)8(12)5-7(6)11/h4-5H,13H2,1-3H3. The molecule has 0 radical (unpaired) electrons. The van der Waals surface area contributed by atoms with Crippen molar-refractivity contribution in [2.75, 3.05) is 5.73 Å². The molecule has 0 aliphatic rings. The lowest BCUT2D eigenvalue weighted by Crippen LogP contribution is -2.14. The fourth-order valence-electron chi connectivity index (χ4n) is 1.14. The second-order valence-corrected chi connectivity index (χ2v) is 4.10. The Bertz CT molecular complexity index is 326. The van der Waals surface area contributed by atoms with Crippen LogP contribution in [0.1, 0.15) is 26.3 Å². The predicted octanol–water partition coefficient (Wildman–Crippen LogP) is 2.84. The molecular weight excluding hydrogens is 172 g/mol. The van der Waals surface area contributed by atoms with Crippen molar-refractivity contribution in [2.45, 2.75) is 26.2 Å². The summed E-state index contributed by atoms with van der Waals surface area (Å²) < 4.78 is 26.0. The van der Waals surface area contributed by atoms with E-state index in [9.17, 15) is 8.78 Å². The van der Waals surface area contributed by atoms with Crippen molar-refractivity contribution < 1.29 is 8.78 Å². The zero-order valence-electron chi connectivity index (χ0n) is 7.99. The summed E-state index contributed by atoms with van der Waals surface area (Å²) in [5.74, 6) is -1.25. The van der Waals surface area contributed by atoms with Crippen molar-refractivity contribution in [1.29, 1.82) is 0 Å². The molecule has 0 spiro atoms. The Labute approximate surface area is 76.6 Å². The zero-order chi connectivity index (χ0) is 10.2. The quantitative estimate of drug-likeness (QED) is 0.618. The molecule has 0 aliphatic carbocycles. The molecule has 1 aromatic carbocycles. The first kappa shape index (κ1) is 9.96. The van der Waals surface area contributed by atoms with E-state index in [0.717, 1.165) is 6.07 Å². The van der Waals surface area contributed by atoms with Gasteiger partial charge in [-0.25, -0.2) is 8.78 Å². The van der Waals surface area contributed by atoms with E-state index < -0.39 is 11.6 Å². The summed E-state index contributed by atoms with van der Waals surface area (Å²) in [5.41, 5.74) is 5.42. The molecule has 1 aromatic rings. The number of rotatable bonds is 0. The second kappa shape index (κ2) is 2.98. The third-order valence-corrected chi connectivity index (χ3v) is 1.89. The average molecular weight is 185 g/mol. The van der Waals surface area contributed by atoms with Gasteiger partial charge in [0, 0.05) is 6.07 Å². The largest absolute Gasteiger partial charge is 0.396 e. The monoisotopic (exact) mass is 185 g/mol. The summed E-state index contributed by atoms with van der Waals surface area (Å²) in [4.78, 5) is 0. The van der Waals surface area contributed by atoms with Crippen LogP contribution in [0.3, 0.4) is 0 Å². The summed E-state index contributed by atoms with van der Waals surface area (Å²) >= 11 is 0. The highest BCUT2D eigenvalue weighted by atomic mass is 19.1. The van der Waals surface area contributed by atoms with Crippen molar-refractivity contribution in [2.24, 2.45) is 0 Å². The molecule has 72 valence electrons. The molecule has 0 aliphatic heterocycles. The smallest absolute Gasteiger partial charge is 0.149 e. The number of hydrogen-bond acceptors (Lipinski definition) is 1. The maximum Gasteiger partial charge on any atom is 0.149 e. The van der Waals surface area contributed by atoms with Gasteiger partial charge in [0.15, 0.2) is 0 Å². The number of nitrogen functional groups attached to an aromatic ring is 1. The van der Waals surface area contributed by atoms with E-state index in [0.29, 0.717) is 5.56 Å². The van der Waals surface area contributed by atoms with Crippen molar-refractivity contribution in [3.8, 4) is 0 Å². The number of halogens is 2. The van der Waals surface area contributed by atoms with E-state index in [4.69, 9.17) is 5.73 Å². The van der Waals surface area contributed by atoms with Gasteiger partial charge in [-0.05, 0) is 17.0 Å². The minimum atomic E-state index is -0.703. The molecule has 0 atom stereocenters. The Morgan fingerprint density at radius 3 is 2.08 bits per heavy atom. The number of benzene rings is 1. The van der Waals surface area contributed by atoms with Crippen LogP contribution in [0.2, 0.25) is 0 Å². The highest BCUT2D eigenvalue weighted by Crippen LogP contribution is 2.27. The second-order valence-electron chi connectivity index (χ2n) is 4.10. The highest BCUT2D eigenvalue weighted by Gasteiger charge is 2.19. The molecule has 13 heavy (non-hydrogen) atoms. The van der Waals surface area contributed by atoms with Gasteiger partial charge in [-0.3, -0.25) is 0 Å². The maximum absolute atomic E-state index is 13.2. The topological polar surface area (TPSA) is 26.0 Å². The van der Waals surface area contributed by atoms with Gasteiger partial charge in [0.25, 0.3) is 0 Å². The summed E-state index contributed by atoms with van der Waals surface area (Å²) in [6, 6.07) is 2.18. The SMILES string of the molecule is CC(C)(C)c1cc(N)c(F)cc1F. The highest BCUT2D eigenvalue weighted by molar-refractivity contribution is 5.45. The zero-order valence-corrected chi connectivity index (χ0v) is 7.99. The number of hydrogen-bond donors (Lipinski definition) is 1. The Balaban J connectivity index is 3.32. The molecule has 0 bridgehead atoms. The van der Waals surface area contributed by atoms with Crippen molar-refractivity contribution >= 4 is 5.69 Å². The summed E-state index contributed by atoms with van der Waals surface area (Å²) in [7, 11) is 0. The lowest BCUT2D eigenvalue weighted by Gasteiger charge is -2.20. The molecule has 0 heterocycles. The van der Waals surface area contributed by atoms with Gasteiger partial charge < -0.3 is 5.73 Å². The molecule has 1 rings (SSSR count). The Hall–Kier alpha value is -1.12. The molecule has 0 saturated heterocycles. The van der Waals surface area contributed by atoms with Crippen LogP contribution in [0.4, 0.5) is 14.5 Å². The molecule has 0 amide bonds. The van der Waals surface area contributed by atoms with Gasteiger partial charge in [0.05, 0.1) is 5.69 Å². The first-order valence-corrected chi connectivity index (χ1v) is 4.07. The van der Waals surface area contributed by atoms with Crippen LogP contribution in [-0.2, 0) is 5.41 Å². The average Bonchev–Trinajstić information content (AvgIpc) is 1.94. The summed E-state index contributed by atoms with van der Waals surface area (Å²) in [6.07, 6.45) is 0. The van der Waals surface area contributed by atoms with Gasteiger partial charge in [0.2, 0.25) is 0 Å². The molecule has 0 unspecified atom stereocenters. The van der Waals surface area contributed by atoms with Crippen LogP contribution < -0.4 is 5.73 Å². The van der Waals surface area contributed by atoms with Crippen LogP contribution in [-0.4, -0.2) is 0 Å². The van der Waals surface area contributed by atoms with Crippen LogP contribution in [0.15, 0.2) is 12.1 Å². The van der Waals surface area contributed by atoms with Crippen LogP contribution >= 0.6 is 0 Å². The van der Waals surface area contributed by atoms with Crippen LogP contribution in [0.5, 0.6) is 0 Å². The third kappa shape index (κ3) is 1.97. The van der Waals surface area contributed by atoms with Gasteiger partial charge in [-0.15, -0.1) is 0 Å². The van der Waals surface area contributed by atoms with Gasteiger partial charge in [-0.2, -0.15) is 0 Å². The Morgan fingerprint density at radius 2 is 1.62 bits per heavy atom. The van der Waals surface area contributed by atoms with E-state index in [1.165, 1.54) is 6.07 Å². The molecule has 0 aromatic heterocycles. The Morgan fingerprint density at radius 1 is 1.08 bits per heavy atom. The minimum absolute atomic E-state index is 0.00803. The number of nitrogens with two attached hydrogens (primary N) is 1. The predicted molar refractivity (Wildman–Crippen MR) is 49.5 cm³/mol. The maximum atomic E-state index is 13.2. The Kier molecular flexibility index (Phi) is 2.28. The van der Waals surface area contributed by atoms with Gasteiger partial charge in [0.1, 0.15) is 11.6 Å². The summed E-state index contributed by atoms with van der Waals surface area (Å²) in [6.45, 7) is 5.55. The van der Waals surface area contributed by atoms with E-state index >= 15 is 0 Å². The fraction of sp³-hybridized carbons (Fsp3) is 0.400. The van der Waals surface area contributed by atoms with Crippen molar-refractivity contribution in [3.05, 3.63) is 29.3 Å². The molecular formula is C10H13F2N. The lowest BCUT2D eigenvalue weighted by molar-refractivity contribution is 0.512. The first-order chi connectivity index (χ1) is 5.82. The van der Waals surface area contributed by atoms with E-state index in [-0.39, 0.29) is 11.1 Å². The van der Waals surface area contributed by atoms with Gasteiger partial charge >= 0.3 is 0 Å². The third-order valence-electron chi connectivity index (χ3n) is 1.89. The first-order valence-electron chi connectivity index (χ1n) is 4.07. The van der Waals surface area contributed by atoms with E-state index in [1.54, 1.807) is 0 Å². The molecule has 3 heteroatoms. The van der Waals surface area contributed by atoms with Gasteiger partial charge in [-0.1, -0.05) is 20.8 Å². The lowest BCUT2D eigenvalue weighted by atomic mass is 9.86.